The molecule has 8 heteroatoms. The first-order chi connectivity index (χ1) is 9.56. The number of dihydropyridines is 1. The van der Waals surface area contributed by atoms with E-state index in [1.165, 1.54) is 12.1 Å². The van der Waals surface area contributed by atoms with E-state index in [9.17, 15) is 4.79 Å². The van der Waals surface area contributed by atoms with Crippen LogP contribution in [0.15, 0.2) is 51.4 Å². The number of oxime groups is 1. The van der Waals surface area contributed by atoms with Crippen molar-refractivity contribution in [3.63, 3.8) is 0 Å². The van der Waals surface area contributed by atoms with Crippen LogP contribution in [0.25, 0.3) is 0 Å². The quantitative estimate of drug-likeness (QED) is 0.284. The summed E-state index contributed by atoms with van der Waals surface area (Å²) < 4.78 is 0. The molecule has 0 aliphatic carbocycles. The van der Waals surface area contributed by atoms with Gasteiger partial charge in [0.2, 0.25) is 0 Å². The van der Waals surface area contributed by atoms with Gasteiger partial charge in [0, 0.05) is 6.07 Å². The maximum atomic E-state index is 10.3. The summed E-state index contributed by atoms with van der Waals surface area (Å²) in [5, 5.41) is 24.8. The third kappa shape index (κ3) is 4.58. The van der Waals surface area contributed by atoms with Crippen LogP contribution in [0.1, 0.15) is 5.69 Å². The summed E-state index contributed by atoms with van der Waals surface area (Å²) in [7, 11) is 0. The van der Waals surface area contributed by atoms with Gasteiger partial charge in [-0.05, 0) is 17.7 Å². The van der Waals surface area contributed by atoms with Crippen molar-refractivity contribution in [2.24, 2.45) is 15.9 Å². The van der Waals surface area contributed by atoms with Gasteiger partial charge >= 0.3 is 0 Å². The Morgan fingerprint density at radius 1 is 1.55 bits per heavy atom. The molecule has 1 aromatic heterocycles. The van der Waals surface area contributed by atoms with E-state index >= 15 is 0 Å². The lowest BCUT2D eigenvalue weighted by Gasteiger charge is -2.04. The lowest BCUT2D eigenvalue weighted by atomic mass is 10.2. The molecule has 102 valence electrons. The number of rotatable bonds is 1. The summed E-state index contributed by atoms with van der Waals surface area (Å²) in [6.45, 7) is 4.21. The van der Waals surface area contributed by atoms with Gasteiger partial charge in [-0.2, -0.15) is 10.4 Å². The number of aliphatic imine (C=N–C) groups is 1. The van der Waals surface area contributed by atoms with Crippen LogP contribution >= 0.6 is 0 Å². The zero-order valence-corrected chi connectivity index (χ0v) is 10.4. The van der Waals surface area contributed by atoms with Gasteiger partial charge in [0.15, 0.2) is 11.5 Å². The Kier molecular flexibility index (Phi) is 5.40. The highest BCUT2D eigenvalue weighted by molar-refractivity contribution is 6.45. The van der Waals surface area contributed by atoms with E-state index in [1.807, 2.05) is 0 Å². The highest BCUT2D eigenvalue weighted by atomic mass is 16.4. The van der Waals surface area contributed by atoms with E-state index in [1.54, 1.807) is 18.2 Å². The number of nitrogens with one attached hydrogen (secondary N) is 1. The average Bonchev–Trinajstić information content (AvgIpc) is 2.49. The Labute approximate surface area is 114 Å². The number of nitrogens with two attached hydrogens (primary N) is 1. The molecule has 8 nitrogen and oxygen atoms in total. The molecule has 0 spiro atoms. The normalized spacial score (nSPS) is 13.8. The number of nitriles is 1. The summed E-state index contributed by atoms with van der Waals surface area (Å²) in [6, 6.07) is 4.39. The van der Waals surface area contributed by atoms with Crippen LogP contribution in [-0.4, -0.2) is 33.5 Å². The molecule has 0 saturated heterocycles. The maximum absolute atomic E-state index is 10.3. The van der Waals surface area contributed by atoms with Crippen molar-refractivity contribution in [2.75, 3.05) is 6.54 Å². The minimum Gasteiger partial charge on any atom is -0.409 e. The second kappa shape index (κ2) is 7.27. The third-order valence-corrected chi connectivity index (χ3v) is 2.09. The van der Waals surface area contributed by atoms with Crippen molar-refractivity contribution < 1.29 is 5.21 Å². The van der Waals surface area contributed by atoms with E-state index in [0.717, 1.165) is 5.57 Å². The molecule has 0 amide bonds. The summed E-state index contributed by atoms with van der Waals surface area (Å²) in [5.41, 5.74) is 6.62. The first-order valence-electron chi connectivity index (χ1n) is 5.41. The molecule has 0 saturated carbocycles. The maximum Gasteiger partial charge on any atom is 0.264 e. The molecule has 2 rings (SSSR count). The van der Waals surface area contributed by atoms with Gasteiger partial charge in [-0.15, -0.1) is 0 Å². The van der Waals surface area contributed by atoms with Gasteiger partial charge in [-0.1, -0.05) is 17.8 Å². The van der Waals surface area contributed by atoms with Gasteiger partial charge in [0.1, 0.15) is 11.8 Å². The molecule has 1 aliphatic heterocycles. The Morgan fingerprint density at radius 3 is 2.75 bits per heavy atom. The minimum absolute atomic E-state index is 0.0359. The SMILES string of the molecule is C=C1C=CC(/C(N)=N/O)=NC1.N#Cc1ccc(=O)[nH]n1. The largest absolute Gasteiger partial charge is 0.409 e. The molecule has 0 bridgehead atoms. The highest BCUT2D eigenvalue weighted by Gasteiger charge is 2.04. The van der Waals surface area contributed by atoms with Crippen LogP contribution in [0.2, 0.25) is 0 Å². The molecule has 0 unspecified atom stereocenters. The Balaban J connectivity index is 0.000000204. The monoisotopic (exact) mass is 272 g/mol. The number of aromatic nitrogens is 2. The fraction of sp³-hybridized carbons (Fsp3) is 0.0833. The fourth-order valence-corrected chi connectivity index (χ4v) is 1.11. The molecule has 20 heavy (non-hydrogen) atoms. The van der Waals surface area contributed by atoms with E-state index in [2.05, 4.69) is 26.9 Å². The second-order valence-corrected chi connectivity index (χ2v) is 3.60. The number of aromatic amines is 1. The van der Waals surface area contributed by atoms with Gasteiger partial charge in [-0.25, -0.2) is 5.10 Å². The lowest BCUT2D eigenvalue weighted by Crippen LogP contribution is -2.23. The summed E-state index contributed by atoms with van der Waals surface area (Å²) >= 11 is 0. The predicted octanol–water partition coefficient (Wildman–Crippen LogP) is -0.0586. The number of amidine groups is 1. The molecular weight excluding hydrogens is 260 g/mol. The lowest BCUT2D eigenvalue weighted by molar-refractivity contribution is 0.319. The Morgan fingerprint density at radius 2 is 2.30 bits per heavy atom. The number of H-pyrrole nitrogens is 1. The molecule has 0 radical (unpaired) electrons. The van der Waals surface area contributed by atoms with E-state index < -0.39 is 0 Å². The van der Waals surface area contributed by atoms with Gasteiger partial charge < -0.3 is 10.9 Å². The Bertz CT molecular complexity index is 657. The molecule has 2 heterocycles. The topological polar surface area (TPSA) is 141 Å². The van der Waals surface area contributed by atoms with Crippen molar-refractivity contribution in [1.29, 1.82) is 5.26 Å². The Hall–Kier alpha value is -3.21. The molecule has 4 N–H and O–H groups in total. The first-order valence-corrected chi connectivity index (χ1v) is 5.41. The van der Waals surface area contributed by atoms with Gasteiger partial charge in [0.05, 0.1) is 6.54 Å². The molecule has 0 atom stereocenters. The van der Waals surface area contributed by atoms with E-state index in [4.69, 9.17) is 16.2 Å². The van der Waals surface area contributed by atoms with Gasteiger partial charge in [-0.3, -0.25) is 9.79 Å². The molecule has 1 aromatic rings. The van der Waals surface area contributed by atoms with Gasteiger partial charge in [0.25, 0.3) is 5.56 Å². The van der Waals surface area contributed by atoms with Crippen LogP contribution in [0, 0.1) is 11.3 Å². The number of nitrogens with zero attached hydrogens (tertiary/aromatic N) is 4. The third-order valence-electron chi connectivity index (χ3n) is 2.09. The number of hydrogen-bond acceptors (Lipinski definition) is 6. The van der Waals surface area contributed by atoms with E-state index in [0.29, 0.717) is 12.3 Å². The molecule has 1 aliphatic rings. The predicted molar refractivity (Wildman–Crippen MR) is 73.6 cm³/mol. The number of hydrogen-bond donors (Lipinski definition) is 3. The molecule has 0 fully saturated rings. The van der Waals surface area contributed by atoms with Crippen LogP contribution in [-0.2, 0) is 0 Å². The van der Waals surface area contributed by atoms with Crippen LogP contribution in [0.3, 0.4) is 0 Å². The molecular formula is C12H12N6O2. The van der Waals surface area contributed by atoms with Crippen molar-refractivity contribution >= 4 is 11.5 Å². The highest BCUT2D eigenvalue weighted by Crippen LogP contribution is 2.01. The van der Waals surface area contributed by atoms with E-state index in [-0.39, 0.29) is 17.1 Å². The summed E-state index contributed by atoms with van der Waals surface area (Å²) in [5.74, 6) is 0.0359. The van der Waals surface area contributed by atoms with Crippen molar-refractivity contribution in [3.8, 4) is 6.07 Å². The smallest absolute Gasteiger partial charge is 0.264 e. The second-order valence-electron chi connectivity index (χ2n) is 3.60. The zero-order chi connectivity index (χ0) is 15.0. The molecule has 0 aromatic carbocycles. The van der Waals surface area contributed by atoms with Crippen LogP contribution in [0.5, 0.6) is 0 Å². The fourth-order valence-electron chi connectivity index (χ4n) is 1.11. The van der Waals surface area contributed by atoms with Crippen molar-refractivity contribution in [1.82, 2.24) is 10.2 Å². The summed E-state index contributed by atoms with van der Waals surface area (Å²) in [6.07, 6.45) is 3.46. The minimum atomic E-state index is -0.297. The summed E-state index contributed by atoms with van der Waals surface area (Å²) in [4.78, 5) is 14.3. The average molecular weight is 272 g/mol. The van der Waals surface area contributed by atoms with Crippen molar-refractivity contribution in [2.45, 2.75) is 0 Å². The van der Waals surface area contributed by atoms with Crippen LogP contribution in [0.4, 0.5) is 0 Å². The standard InChI is InChI=1S/C7H9N3O.C5H3N3O/c1-5-2-3-6(9-4-5)7(8)10-11;6-3-4-1-2-5(9)8-7-4/h2-3,11H,1,4H2,(H2,8,10);1-2H,(H,8,9). The first kappa shape index (κ1) is 14.8. The van der Waals surface area contributed by atoms with Crippen LogP contribution < -0.4 is 11.3 Å². The zero-order valence-electron chi connectivity index (χ0n) is 10.4. The van der Waals surface area contributed by atoms with Crippen molar-refractivity contribution in [3.05, 3.63) is 52.5 Å².